The highest BCUT2D eigenvalue weighted by Crippen LogP contribution is 2.18. The number of ketones is 1. The Morgan fingerprint density at radius 2 is 2.17 bits per heavy atom. The fraction of sp³-hybridized carbons (Fsp3) is 0.294. The van der Waals surface area contributed by atoms with Crippen molar-refractivity contribution in [2.24, 2.45) is 0 Å². The van der Waals surface area contributed by atoms with E-state index in [2.05, 4.69) is 31.7 Å². The molecule has 1 saturated heterocycles. The first kappa shape index (κ1) is 16.1. The Morgan fingerprint density at radius 3 is 3.00 bits per heavy atom. The molecule has 0 amide bonds. The van der Waals surface area contributed by atoms with Gasteiger partial charge in [0.25, 0.3) is 0 Å². The van der Waals surface area contributed by atoms with Crippen molar-refractivity contribution in [1.82, 2.24) is 20.3 Å². The summed E-state index contributed by atoms with van der Waals surface area (Å²) in [7, 11) is 0. The van der Waals surface area contributed by atoms with Crippen molar-refractivity contribution in [2.45, 2.75) is 6.42 Å². The number of carbonyl (C=O) groups excluding carboxylic acids is 1. The minimum atomic E-state index is -0.286. The summed E-state index contributed by atoms with van der Waals surface area (Å²) in [5.74, 6) is 0.596. The van der Waals surface area contributed by atoms with E-state index in [9.17, 15) is 4.79 Å². The van der Waals surface area contributed by atoms with Crippen LogP contribution >= 0.6 is 0 Å². The Bertz CT molecular complexity index is 752. The molecule has 0 saturated carbocycles. The minimum absolute atomic E-state index is 0.178. The molecular weight excluding hydrogens is 304 g/mol. The SMILES string of the molecule is C=Cc1cnc(N)c(C(=O)c2cncc(N3CCCNCC3)n2)c1. The Morgan fingerprint density at radius 1 is 1.29 bits per heavy atom. The van der Waals surface area contributed by atoms with Crippen LogP contribution < -0.4 is 16.0 Å². The molecule has 3 heterocycles. The number of hydrogen-bond donors (Lipinski definition) is 2. The van der Waals surface area contributed by atoms with Crippen molar-refractivity contribution < 1.29 is 4.79 Å². The number of anilines is 2. The van der Waals surface area contributed by atoms with Crippen LogP contribution in [0.5, 0.6) is 0 Å². The van der Waals surface area contributed by atoms with E-state index in [-0.39, 0.29) is 17.3 Å². The van der Waals surface area contributed by atoms with E-state index in [1.165, 1.54) is 6.20 Å². The standard InChI is InChI=1S/C17H20N6O/c1-2-12-8-13(17(18)21-9-12)16(24)14-10-20-11-15(22-14)23-6-3-4-19-5-7-23/h2,8-11,19H,1,3-7H2,(H2,18,21). The van der Waals surface area contributed by atoms with Crippen molar-refractivity contribution in [3.8, 4) is 0 Å². The summed E-state index contributed by atoms with van der Waals surface area (Å²) in [6, 6.07) is 1.67. The summed E-state index contributed by atoms with van der Waals surface area (Å²) in [6.07, 6.45) is 7.37. The zero-order valence-electron chi connectivity index (χ0n) is 13.4. The fourth-order valence-electron chi connectivity index (χ4n) is 2.62. The van der Waals surface area contributed by atoms with Crippen LogP contribution in [0.25, 0.3) is 6.08 Å². The number of nitrogens with one attached hydrogen (secondary N) is 1. The van der Waals surface area contributed by atoms with E-state index >= 15 is 0 Å². The fourth-order valence-corrected chi connectivity index (χ4v) is 2.62. The molecule has 24 heavy (non-hydrogen) atoms. The molecule has 2 aromatic rings. The summed E-state index contributed by atoms with van der Waals surface area (Å²) in [5, 5.41) is 3.34. The number of nitrogens with two attached hydrogens (primary N) is 1. The largest absolute Gasteiger partial charge is 0.383 e. The molecule has 7 nitrogen and oxygen atoms in total. The van der Waals surface area contributed by atoms with E-state index in [0.29, 0.717) is 11.4 Å². The van der Waals surface area contributed by atoms with Crippen LogP contribution in [0.3, 0.4) is 0 Å². The second-order valence-corrected chi connectivity index (χ2v) is 5.59. The average molecular weight is 324 g/mol. The van der Waals surface area contributed by atoms with Gasteiger partial charge in [0.2, 0.25) is 5.78 Å². The molecule has 0 radical (unpaired) electrons. The Hall–Kier alpha value is -2.80. The molecule has 0 aliphatic carbocycles. The number of carbonyl (C=O) groups is 1. The second-order valence-electron chi connectivity index (χ2n) is 5.59. The molecule has 1 fully saturated rings. The topological polar surface area (TPSA) is 97.0 Å². The van der Waals surface area contributed by atoms with Crippen molar-refractivity contribution >= 4 is 23.5 Å². The first-order valence-electron chi connectivity index (χ1n) is 7.89. The summed E-state index contributed by atoms with van der Waals surface area (Å²) >= 11 is 0. The molecule has 0 bridgehead atoms. The average Bonchev–Trinajstić information content (AvgIpc) is 2.91. The molecular formula is C17H20N6O. The normalized spacial score (nSPS) is 14.9. The van der Waals surface area contributed by atoms with Gasteiger partial charge in [-0.3, -0.25) is 9.78 Å². The highest BCUT2D eigenvalue weighted by molar-refractivity contribution is 6.10. The lowest BCUT2D eigenvalue weighted by molar-refractivity contribution is 0.103. The van der Waals surface area contributed by atoms with Gasteiger partial charge in [0, 0.05) is 25.8 Å². The van der Waals surface area contributed by atoms with Gasteiger partial charge in [0.15, 0.2) is 0 Å². The van der Waals surface area contributed by atoms with Gasteiger partial charge in [-0.25, -0.2) is 9.97 Å². The Kier molecular flexibility index (Phi) is 4.81. The predicted octanol–water partition coefficient (Wildman–Crippen LogP) is 1.13. The monoisotopic (exact) mass is 324 g/mol. The maximum atomic E-state index is 12.8. The lowest BCUT2D eigenvalue weighted by Gasteiger charge is -2.20. The molecule has 2 aromatic heterocycles. The summed E-state index contributed by atoms with van der Waals surface area (Å²) in [6.45, 7) is 7.28. The third-order valence-electron chi connectivity index (χ3n) is 3.94. The third-order valence-corrected chi connectivity index (χ3v) is 3.94. The second kappa shape index (κ2) is 7.18. The van der Waals surface area contributed by atoms with Gasteiger partial charge in [0.05, 0.1) is 18.0 Å². The highest BCUT2D eigenvalue weighted by Gasteiger charge is 2.18. The van der Waals surface area contributed by atoms with Gasteiger partial charge in [-0.1, -0.05) is 12.7 Å². The maximum absolute atomic E-state index is 12.8. The van der Waals surface area contributed by atoms with Crippen molar-refractivity contribution in [3.63, 3.8) is 0 Å². The number of nitrogen functional groups attached to an aromatic ring is 1. The molecule has 0 spiro atoms. The third kappa shape index (κ3) is 3.41. The van der Waals surface area contributed by atoms with E-state index in [4.69, 9.17) is 5.73 Å². The first-order valence-corrected chi connectivity index (χ1v) is 7.89. The summed E-state index contributed by atoms with van der Waals surface area (Å²) in [5.41, 5.74) is 7.16. The van der Waals surface area contributed by atoms with Crippen LogP contribution in [0.4, 0.5) is 11.6 Å². The summed E-state index contributed by atoms with van der Waals surface area (Å²) < 4.78 is 0. The van der Waals surface area contributed by atoms with Crippen molar-refractivity contribution in [1.29, 1.82) is 0 Å². The lowest BCUT2D eigenvalue weighted by atomic mass is 10.1. The van der Waals surface area contributed by atoms with Gasteiger partial charge in [-0.2, -0.15) is 0 Å². The zero-order valence-corrected chi connectivity index (χ0v) is 13.4. The first-order chi connectivity index (χ1) is 11.7. The van der Waals surface area contributed by atoms with Gasteiger partial charge in [-0.15, -0.1) is 0 Å². The molecule has 0 atom stereocenters. The Labute approximate surface area is 140 Å². The molecule has 1 aliphatic rings. The van der Waals surface area contributed by atoms with Gasteiger partial charge >= 0.3 is 0 Å². The van der Waals surface area contributed by atoms with E-state index in [1.54, 1.807) is 24.5 Å². The zero-order chi connectivity index (χ0) is 16.9. The van der Waals surface area contributed by atoms with Gasteiger partial charge in [0.1, 0.15) is 17.3 Å². The molecule has 3 N–H and O–H groups in total. The number of hydrogen-bond acceptors (Lipinski definition) is 7. The lowest BCUT2D eigenvalue weighted by Crippen LogP contribution is -2.29. The number of aromatic nitrogens is 3. The number of nitrogens with zero attached hydrogens (tertiary/aromatic N) is 4. The van der Waals surface area contributed by atoms with Crippen LogP contribution in [0.15, 0.2) is 31.2 Å². The smallest absolute Gasteiger partial charge is 0.216 e. The quantitative estimate of drug-likeness (QED) is 0.814. The van der Waals surface area contributed by atoms with Crippen LogP contribution in [-0.2, 0) is 0 Å². The molecule has 124 valence electrons. The number of rotatable bonds is 4. The van der Waals surface area contributed by atoms with Gasteiger partial charge in [-0.05, 0) is 24.6 Å². The van der Waals surface area contributed by atoms with E-state index in [0.717, 1.165) is 38.2 Å². The minimum Gasteiger partial charge on any atom is -0.383 e. The maximum Gasteiger partial charge on any atom is 0.216 e. The number of pyridine rings is 1. The van der Waals surface area contributed by atoms with Crippen LogP contribution in [0.2, 0.25) is 0 Å². The van der Waals surface area contributed by atoms with Crippen LogP contribution in [-0.4, -0.2) is 46.9 Å². The molecule has 0 unspecified atom stereocenters. The Balaban J connectivity index is 1.90. The molecule has 1 aliphatic heterocycles. The predicted molar refractivity (Wildman–Crippen MR) is 93.9 cm³/mol. The molecule has 7 heteroatoms. The summed E-state index contributed by atoms with van der Waals surface area (Å²) in [4.78, 5) is 27.6. The van der Waals surface area contributed by atoms with Crippen molar-refractivity contribution in [3.05, 3.63) is 48.1 Å². The van der Waals surface area contributed by atoms with E-state index in [1.807, 2.05) is 0 Å². The molecule has 0 aromatic carbocycles. The van der Waals surface area contributed by atoms with Crippen LogP contribution in [0, 0.1) is 0 Å². The van der Waals surface area contributed by atoms with Gasteiger partial charge < -0.3 is 16.0 Å². The van der Waals surface area contributed by atoms with Crippen molar-refractivity contribution in [2.75, 3.05) is 36.8 Å². The molecule has 3 rings (SSSR count). The van der Waals surface area contributed by atoms with E-state index < -0.39 is 0 Å². The van der Waals surface area contributed by atoms with Crippen LogP contribution in [0.1, 0.15) is 28.0 Å². The highest BCUT2D eigenvalue weighted by atomic mass is 16.1.